The summed E-state index contributed by atoms with van der Waals surface area (Å²) in [5.74, 6) is -5.51. The number of imidazole rings is 1. The third kappa shape index (κ3) is 8.91. The topological polar surface area (TPSA) is 111 Å². The van der Waals surface area contributed by atoms with Gasteiger partial charge in [-0.25, -0.2) is 14.6 Å². The van der Waals surface area contributed by atoms with Crippen LogP contribution in [0.4, 0.5) is 32.0 Å². The highest BCUT2D eigenvalue weighted by atomic mass is 19.4. The molecule has 0 radical (unpaired) electrons. The maximum absolute atomic E-state index is 10.6. The second-order valence-corrected chi connectivity index (χ2v) is 9.42. The molecule has 1 saturated heterocycles. The van der Waals surface area contributed by atoms with Gasteiger partial charge in [-0.15, -0.1) is 0 Å². The molecule has 1 fully saturated rings. The summed E-state index contributed by atoms with van der Waals surface area (Å²) in [5, 5.41) is 14.2. The van der Waals surface area contributed by atoms with Crippen molar-refractivity contribution < 1.29 is 46.1 Å². The number of carboxylic acid groups (broad SMARTS) is 2. The summed E-state index contributed by atoms with van der Waals surface area (Å²) in [5.41, 5.74) is 8.07. The molecule has 43 heavy (non-hydrogen) atoms. The zero-order valence-corrected chi connectivity index (χ0v) is 22.9. The molecule has 9 nitrogen and oxygen atoms in total. The maximum Gasteiger partial charge on any atom is 0.490 e. The second kappa shape index (κ2) is 13.5. The number of nitrogens with zero attached hydrogens (tertiary/aromatic N) is 5. The van der Waals surface area contributed by atoms with Crippen LogP contribution >= 0.6 is 0 Å². The molecule has 1 aliphatic rings. The minimum Gasteiger partial charge on any atom is -0.475 e. The zero-order valence-electron chi connectivity index (χ0n) is 22.9. The lowest BCUT2D eigenvalue weighted by Gasteiger charge is -2.34. The molecule has 0 atom stereocenters. The fourth-order valence-electron chi connectivity index (χ4n) is 4.05. The summed E-state index contributed by atoms with van der Waals surface area (Å²) >= 11 is 0. The van der Waals surface area contributed by atoms with E-state index in [4.69, 9.17) is 19.8 Å². The number of carboxylic acids is 2. The molecule has 2 N–H and O–H groups in total. The number of carbonyl (C=O) groups is 2. The van der Waals surface area contributed by atoms with Gasteiger partial charge in [0, 0.05) is 56.0 Å². The van der Waals surface area contributed by atoms with Gasteiger partial charge in [0.2, 0.25) is 0 Å². The van der Waals surface area contributed by atoms with Gasteiger partial charge in [-0.1, -0.05) is 12.1 Å². The van der Waals surface area contributed by atoms with Crippen molar-refractivity contribution in [1.82, 2.24) is 19.3 Å². The number of rotatable bonds is 3. The molecule has 0 bridgehead atoms. The monoisotopic (exact) mass is 611 g/mol. The van der Waals surface area contributed by atoms with E-state index >= 15 is 0 Å². The molecule has 0 amide bonds. The minimum atomic E-state index is -5.08. The number of aliphatic carboxylic acids is 2. The Hall–Kier alpha value is -4.66. The molecule has 0 spiro atoms. The van der Waals surface area contributed by atoms with Crippen LogP contribution in [-0.2, 0) is 9.59 Å². The van der Waals surface area contributed by atoms with Crippen LogP contribution in [0.3, 0.4) is 0 Å². The molecule has 230 valence electrons. The first-order valence-corrected chi connectivity index (χ1v) is 12.6. The fourth-order valence-corrected chi connectivity index (χ4v) is 4.05. The van der Waals surface area contributed by atoms with Gasteiger partial charge in [0.15, 0.2) is 0 Å². The molecule has 0 saturated carbocycles. The highest BCUT2D eigenvalue weighted by Gasteiger charge is 2.38. The molecule has 1 aliphatic heterocycles. The lowest BCUT2D eigenvalue weighted by atomic mass is 10.1. The number of pyridine rings is 2. The van der Waals surface area contributed by atoms with Gasteiger partial charge in [-0.05, 0) is 61.0 Å². The zero-order chi connectivity index (χ0) is 31.9. The molecule has 0 unspecified atom stereocenters. The minimum absolute atomic E-state index is 0.955. The summed E-state index contributed by atoms with van der Waals surface area (Å²) in [6, 6.07) is 15.3. The Morgan fingerprint density at radius 3 is 1.88 bits per heavy atom. The maximum atomic E-state index is 10.6. The summed E-state index contributed by atoms with van der Waals surface area (Å²) in [6.07, 6.45) is -2.39. The predicted octanol–water partition coefficient (Wildman–Crippen LogP) is 5.39. The Balaban J connectivity index is 0.000000303. The van der Waals surface area contributed by atoms with Crippen molar-refractivity contribution >= 4 is 23.3 Å². The van der Waals surface area contributed by atoms with Crippen LogP contribution in [0.5, 0.6) is 0 Å². The van der Waals surface area contributed by atoms with Crippen LogP contribution in [0.2, 0.25) is 0 Å². The van der Waals surface area contributed by atoms with Crippen LogP contribution in [0.15, 0.2) is 67.3 Å². The number of fused-ring (bicyclic) bond motifs is 1. The van der Waals surface area contributed by atoms with E-state index in [2.05, 4.69) is 80.7 Å². The molecular formula is C28H27F6N5O4. The molecular weight excluding hydrogens is 584 g/mol. The molecule has 15 heteroatoms. The van der Waals surface area contributed by atoms with E-state index in [1.54, 1.807) is 0 Å². The lowest BCUT2D eigenvalue weighted by Crippen LogP contribution is -2.44. The standard InChI is InChI=1S/C24H25N5.2C2HF3O2/c1-18-16-25-9-7-22(18)23-17-26-24-15-20(8-10-29(23)24)19-3-5-21(6-4-19)28-13-11-27(2)12-14-28;2*3-2(4,5)1(6)7/h3-10,15-17H,11-14H2,1-2H3;2*(H,6,7). The lowest BCUT2D eigenvalue weighted by molar-refractivity contribution is -0.193. The number of benzene rings is 1. The van der Waals surface area contributed by atoms with Crippen LogP contribution in [0.1, 0.15) is 5.56 Å². The Kier molecular flexibility index (Phi) is 10.3. The van der Waals surface area contributed by atoms with E-state index in [9.17, 15) is 26.3 Å². The van der Waals surface area contributed by atoms with Gasteiger partial charge >= 0.3 is 24.3 Å². The van der Waals surface area contributed by atoms with Crippen molar-refractivity contribution in [2.24, 2.45) is 0 Å². The van der Waals surface area contributed by atoms with Crippen molar-refractivity contribution in [3.05, 3.63) is 72.8 Å². The third-order valence-corrected chi connectivity index (χ3v) is 6.36. The Bertz CT molecular complexity index is 1520. The van der Waals surface area contributed by atoms with E-state index in [0.717, 1.165) is 48.6 Å². The van der Waals surface area contributed by atoms with Gasteiger partial charge in [-0.2, -0.15) is 26.3 Å². The predicted molar refractivity (Wildman–Crippen MR) is 146 cm³/mol. The number of piperazine rings is 1. The summed E-state index contributed by atoms with van der Waals surface area (Å²) in [7, 11) is 2.19. The van der Waals surface area contributed by atoms with E-state index in [-0.39, 0.29) is 0 Å². The highest BCUT2D eigenvalue weighted by molar-refractivity contribution is 5.74. The van der Waals surface area contributed by atoms with Gasteiger partial charge in [0.1, 0.15) is 5.65 Å². The number of anilines is 1. The number of alkyl halides is 6. The smallest absolute Gasteiger partial charge is 0.475 e. The number of hydrogen-bond donors (Lipinski definition) is 2. The number of aromatic nitrogens is 3. The van der Waals surface area contributed by atoms with Gasteiger partial charge in [0.25, 0.3) is 0 Å². The number of aryl methyl sites for hydroxylation is 1. The summed E-state index contributed by atoms with van der Waals surface area (Å²) in [6.45, 7) is 6.51. The van der Waals surface area contributed by atoms with Gasteiger partial charge < -0.3 is 20.0 Å². The average molecular weight is 612 g/mol. The summed E-state index contributed by atoms with van der Waals surface area (Å²) in [4.78, 5) is 31.5. The second-order valence-electron chi connectivity index (χ2n) is 9.42. The van der Waals surface area contributed by atoms with Crippen molar-refractivity contribution in [3.63, 3.8) is 0 Å². The van der Waals surface area contributed by atoms with Crippen LogP contribution in [0, 0.1) is 6.92 Å². The van der Waals surface area contributed by atoms with E-state index in [1.807, 2.05) is 24.7 Å². The SMILES string of the molecule is Cc1cnccc1-c1cnc2cc(-c3ccc(N4CCN(C)CC4)cc3)ccn12.O=C(O)C(F)(F)F.O=C(O)C(F)(F)F. The molecule has 3 aromatic heterocycles. The largest absolute Gasteiger partial charge is 0.490 e. The van der Waals surface area contributed by atoms with Crippen LogP contribution < -0.4 is 4.90 Å². The van der Waals surface area contributed by atoms with E-state index in [0.29, 0.717) is 0 Å². The number of hydrogen-bond acceptors (Lipinski definition) is 6. The average Bonchev–Trinajstić information content (AvgIpc) is 3.37. The first kappa shape index (κ1) is 32.8. The fraction of sp³-hybridized carbons (Fsp3) is 0.286. The third-order valence-electron chi connectivity index (χ3n) is 6.36. The molecule has 5 rings (SSSR count). The van der Waals surface area contributed by atoms with Gasteiger partial charge in [0.05, 0.1) is 11.9 Å². The number of likely N-dealkylation sites (N-methyl/N-ethyl adjacent to an activating group) is 1. The summed E-state index contributed by atoms with van der Waals surface area (Å²) < 4.78 is 65.6. The highest BCUT2D eigenvalue weighted by Crippen LogP contribution is 2.28. The van der Waals surface area contributed by atoms with Crippen molar-refractivity contribution in [2.45, 2.75) is 19.3 Å². The number of halogens is 6. The first-order chi connectivity index (χ1) is 20.1. The molecule has 1 aromatic carbocycles. The molecule has 4 aromatic rings. The van der Waals surface area contributed by atoms with Crippen LogP contribution in [0.25, 0.3) is 28.0 Å². The van der Waals surface area contributed by atoms with Crippen molar-refractivity contribution in [3.8, 4) is 22.4 Å². The van der Waals surface area contributed by atoms with Crippen LogP contribution in [-0.4, -0.2) is 87.0 Å². The Morgan fingerprint density at radius 1 is 0.814 bits per heavy atom. The normalized spacial score (nSPS) is 13.9. The van der Waals surface area contributed by atoms with Gasteiger partial charge in [-0.3, -0.25) is 9.38 Å². The first-order valence-electron chi connectivity index (χ1n) is 12.6. The van der Waals surface area contributed by atoms with E-state index < -0.39 is 24.3 Å². The Labute approximate surface area is 241 Å². The Morgan fingerprint density at radius 2 is 1.37 bits per heavy atom. The quantitative estimate of drug-likeness (QED) is 0.297. The van der Waals surface area contributed by atoms with Crippen molar-refractivity contribution in [1.29, 1.82) is 0 Å². The molecule has 4 heterocycles. The van der Waals surface area contributed by atoms with E-state index in [1.165, 1.54) is 16.8 Å². The van der Waals surface area contributed by atoms with Crippen molar-refractivity contribution in [2.75, 3.05) is 38.1 Å². The molecule has 0 aliphatic carbocycles.